The number of benzene rings is 1. The smallest absolute Gasteiger partial charge is 0.418 e. The summed E-state index contributed by atoms with van der Waals surface area (Å²) in [5, 5.41) is 17.8. The van der Waals surface area contributed by atoms with Crippen molar-refractivity contribution in [3.8, 4) is 6.07 Å². The second-order valence-corrected chi connectivity index (χ2v) is 3.50. The molecule has 0 fully saturated rings. The van der Waals surface area contributed by atoms with Crippen LogP contribution in [0.15, 0.2) is 12.1 Å². The van der Waals surface area contributed by atoms with Crippen LogP contribution in [-0.2, 0) is 17.5 Å². The fourth-order valence-corrected chi connectivity index (χ4v) is 1.63. The Kier molecular flexibility index (Phi) is 4.51. The van der Waals surface area contributed by atoms with Crippen LogP contribution in [-0.4, -0.2) is 17.7 Å². The quantitative estimate of drug-likeness (QED) is 0.857. The van der Waals surface area contributed by atoms with Crippen LogP contribution in [0.4, 0.5) is 13.2 Å². The van der Waals surface area contributed by atoms with E-state index in [0.29, 0.717) is 0 Å². The van der Waals surface area contributed by atoms with Gasteiger partial charge in [-0.1, -0.05) is 0 Å². The van der Waals surface area contributed by atoms with E-state index in [1.165, 1.54) is 13.0 Å². The number of aliphatic hydroxyl groups is 1. The molecule has 1 N–H and O–H groups in total. The second kappa shape index (κ2) is 5.71. The van der Waals surface area contributed by atoms with Gasteiger partial charge in [-0.25, -0.2) is 4.79 Å². The maximum absolute atomic E-state index is 12.9. The van der Waals surface area contributed by atoms with Gasteiger partial charge in [-0.3, -0.25) is 0 Å². The van der Waals surface area contributed by atoms with Gasteiger partial charge < -0.3 is 9.84 Å². The molecule has 0 aromatic heterocycles. The van der Waals surface area contributed by atoms with Crippen LogP contribution >= 0.6 is 0 Å². The number of hydrogen-bond acceptors (Lipinski definition) is 4. The van der Waals surface area contributed by atoms with E-state index in [4.69, 9.17) is 10.4 Å². The molecule has 0 aliphatic rings. The molecule has 0 atom stereocenters. The van der Waals surface area contributed by atoms with Crippen LogP contribution in [0, 0.1) is 11.3 Å². The Labute approximate surface area is 107 Å². The summed E-state index contributed by atoms with van der Waals surface area (Å²) in [6, 6.07) is 3.31. The number of hydrogen-bond donors (Lipinski definition) is 1. The Bertz CT molecular complexity index is 532. The zero-order valence-corrected chi connectivity index (χ0v) is 9.91. The summed E-state index contributed by atoms with van der Waals surface area (Å²) >= 11 is 0. The number of aliphatic hydroxyl groups excluding tert-OH is 1. The highest BCUT2D eigenvalue weighted by Crippen LogP contribution is 2.36. The van der Waals surface area contributed by atoms with Gasteiger partial charge in [-0.15, -0.1) is 0 Å². The molecule has 4 nitrogen and oxygen atoms in total. The van der Waals surface area contributed by atoms with Gasteiger partial charge in [-0.2, -0.15) is 18.4 Å². The van der Waals surface area contributed by atoms with E-state index in [1.807, 2.05) is 0 Å². The van der Waals surface area contributed by atoms with E-state index < -0.39 is 41.0 Å². The highest BCUT2D eigenvalue weighted by atomic mass is 19.4. The summed E-state index contributed by atoms with van der Waals surface area (Å²) in [5.41, 5.74) is -2.99. The number of rotatable bonds is 3. The number of carbonyl (C=O) groups is 1. The summed E-state index contributed by atoms with van der Waals surface area (Å²) in [6.07, 6.45) is -4.84. The van der Waals surface area contributed by atoms with Crippen LogP contribution in [0.1, 0.15) is 34.0 Å². The molecule has 1 rings (SSSR count). The van der Waals surface area contributed by atoms with Gasteiger partial charge in [0.1, 0.15) is 0 Å². The van der Waals surface area contributed by atoms with Crippen molar-refractivity contribution in [2.45, 2.75) is 19.7 Å². The molecule has 102 valence electrons. The Morgan fingerprint density at radius 3 is 2.53 bits per heavy atom. The highest BCUT2D eigenvalue weighted by Gasteiger charge is 2.38. The minimum absolute atomic E-state index is 0.00887. The van der Waals surface area contributed by atoms with E-state index in [2.05, 4.69) is 4.74 Å². The van der Waals surface area contributed by atoms with Gasteiger partial charge in [0.2, 0.25) is 0 Å². The number of nitrogens with zero attached hydrogens (tertiary/aromatic N) is 1. The molecular weight excluding hydrogens is 263 g/mol. The molecule has 0 saturated carbocycles. The number of alkyl halides is 3. The van der Waals surface area contributed by atoms with Crippen LogP contribution in [0.5, 0.6) is 0 Å². The van der Waals surface area contributed by atoms with Gasteiger partial charge in [0.25, 0.3) is 0 Å². The molecule has 0 bridgehead atoms. The van der Waals surface area contributed by atoms with Crippen molar-refractivity contribution in [2.75, 3.05) is 6.61 Å². The molecule has 7 heteroatoms. The average molecular weight is 273 g/mol. The standard InChI is InChI=1S/C12H10F3NO3/c1-2-19-11(18)8-4-3-7(5-16)10(9(8)6-17)12(13,14)15/h3-4,17H,2,6H2,1H3. The van der Waals surface area contributed by atoms with Crippen LogP contribution in [0.3, 0.4) is 0 Å². The topological polar surface area (TPSA) is 70.3 Å². The van der Waals surface area contributed by atoms with Gasteiger partial charge in [0, 0.05) is 5.56 Å². The Balaban J connectivity index is 3.55. The first-order chi connectivity index (χ1) is 8.86. The van der Waals surface area contributed by atoms with Gasteiger partial charge in [0.05, 0.1) is 36.0 Å². The first kappa shape index (κ1) is 15.0. The molecule has 0 aliphatic heterocycles. The molecule has 1 aromatic rings. The van der Waals surface area contributed by atoms with Crippen molar-refractivity contribution in [1.82, 2.24) is 0 Å². The zero-order chi connectivity index (χ0) is 14.6. The lowest BCUT2D eigenvalue weighted by atomic mass is 9.96. The largest absolute Gasteiger partial charge is 0.462 e. The number of ether oxygens (including phenoxy) is 1. The average Bonchev–Trinajstić information content (AvgIpc) is 2.35. The molecule has 0 heterocycles. The molecule has 0 aliphatic carbocycles. The third-order valence-electron chi connectivity index (χ3n) is 2.37. The number of nitriles is 1. The fourth-order valence-electron chi connectivity index (χ4n) is 1.63. The van der Waals surface area contributed by atoms with Gasteiger partial charge >= 0.3 is 12.1 Å². The number of halogens is 3. The van der Waals surface area contributed by atoms with Crippen molar-refractivity contribution in [1.29, 1.82) is 5.26 Å². The summed E-state index contributed by atoms with van der Waals surface area (Å²) in [5.74, 6) is -0.971. The lowest BCUT2D eigenvalue weighted by molar-refractivity contribution is -0.138. The highest BCUT2D eigenvalue weighted by molar-refractivity contribution is 5.92. The summed E-state index contributed by atoms with van der Waals surface area (Å²) in [4.78, 5) is 11.5. The molecule has 0 spiro atoms. The molecule has 0 amide bonds. The van der Waals surface area contributed by atoms with Crippen LogP contribution in [0.25, 0.3) is 0 Å². The van der Waals surface area contributed by atoms with Gasteiger partial charge in [0.15, 0.2) is 0 Å². The molecule has 0 unspecified atom stereocenters. The first-order valence-electron chi connectivity index (χ1n) is 5.28. The van der Waals surface area contributed by atoms with Crippen LogP contribution < -0.4 is 0 Å². The Hall–Kier alpha value is -2.07. The van der Waals surface area contributed by atoms with E-state index in [1.54, 1.807) is 0 Å². The summed E-state index contributed by atoms with van der Waals surface area (Å²) < 4.78 is 43.3. The predicted molar refractivity (Wildman–Crippen MR) is 58.0 cm³/mol. The third-order valence-corrected chi connectivity index (χ3v) is 2.37. The van der Waals surface area contributed by atoms with Crippen molar-refractivity contribution < 1.29 is 27.8 Å². The Morgan fingerprint density at radius 1 is 1.47 bits per heavy atom. The van der Waals surface area contributed by atoms with E-state index in [9.17, 15) is 18.0 Å². The molecule has 19 heavy (non-hydrogen) atoms. The maximum atomic E-state index is 12.9. The third kappa shape index (κ3) is 3.03. The van der Waals surface area contributed by atoms with Crippen molar-refractivity contribution in [2.24, 2.45) is 0 Å². The van der Waals surface area contributed by atoms with Crippen molar-refractivity contribution >= 4 is 5.97 Å². The first-order valence-corrected chi connectivity index (χ1v) is 5.28. The minimum atomic E-state index is -4.84. The monoisotopic (exact) mass is 273 g/mol. The van der Waals surface area contributed by atoms with E-state index in [0.717, 1.165) is 12.1 Å². The molecule has 0 saturated heterocycles. The van der Waals surface area contributed by atoms with Crippen LogP contribution in [0.2, 0.25) is 0 Å². The Morgan fingerprint density at radius 2 is 2.11 bits per heavy atom. The van der Waals surface area contributed by atoms with E-state index >= 15 is 0 Å². The van der Waals surface area contributed by atoms with Crippen molar-refractivity contribution in [3.05, 3.63) is 34.4 Å². The summed E-state index contributed by atoms with van der Waals surface area (Å²) in [6.45, 7) is 0.481. The van der Waals surface area contributed by atoms with E-state index in [-0.39, 0.29) is 6.61 Å². The second-order valence-electron chi connectivity index (χ2n) is 3.50. The fraction of sp³-hybridized carbons (Fsp3) is 0.333. The lowest BCUT2D eigenvalue weighted by Gasteiger charge is -2.16. The van der Waals surface area contributed by atoms with Crippen molar-refractivity contribution in [3.63, 3.8) is 0 Å². The number of carbonyl (C=O) groups excluding carboxylic acids is 1. The normalized spacial score (nSPS) is 10.9. The molecule has 0 radical (unpaired) electrons. The SMILES string of the molecule is CCOC(=O)c1ccc(C#N)c(C(F)(F)F)c1CO. The summed E-state index contributed by atoms with van der Waals surface area (Å²) in [7, 11) is 0. The number of esters is 1. The lowest BCUT2D eigenvalue weighted by Crippen LogP contribution is -2.17. The zero-order valence-electron chi connectivity index (χ0n) is 9.91. The maximum Gasteiger partial charge on any atom is 0.418 e. The predicted octanol–water partition coefficient (Wildman–Crippen LogP) is 2.25. The minimum Gasteiger partial charge on any atom is -0.462 e. The molecular formula is C12H10F3NO3. The molecule has 1 aromatic carbocycles. The van der Waals surface area contributed by atoms with Gasteiger partial charge in [-0.05, 0) is 19.1 Å².